The van der Waals surface area contributed by atoms with Crippen LogP contribution in [0, 0.1) is 0 Å². The zero-order chi connectivity index (χ0) is 8.81. The number of nitrogens with one attached hydrogen (secondary N) is 1. The maximum absolute atomic E-state index is 3.16. The minimum atomic E-state index is 1.05. The second kappa shape index (κ2) is 5.22. The Morgan fingerprint density at radius 2 is 2.08 bits per heavy atom. The van der Waals surface area contributed by atoms with Crippen molar-refractivity contribution in [2.24, 2.45) is 0 Å². The van der Waals surface area contributed by atoms with Crippen molar-refractivity contribution in [2.75, 3.05) is 19.8 Å². The molecule has 1 aromatic rings. The van der Waals surface area contributed by atoms with Crippen molar-refractivity contribution in [2.45, 2.75) is 11.3 Å². The fourth-order valence-electron chi connectivity index (χ4n) is 1.17. The number of thioether (sulfide) groups is 1. The lowest BCUT2D eigenvalue weighted by molar-refractivity contribution is 0.784. The van der Waals surface area contributed by atoms with Crippen LogP contribution in [-0.4, -0.2) is 19.8 Å². The molecule has 0 amide bonds. The highest BCUT2D eigenvalue weighted by molar-refractivity contribution is 7.98. The summed E-state index contributed by atoms with van der Waals surface area (Å²) < 4.78 is 0. The monoisotopic (exact) mass is 181 g/mol. The fraction of sp³-hybridized carbons (Fsp3) is 0.400. The Kier molecular flexibility index (Phi) is 4.19. The molecule has 0 fully saturated rings. The van der Waals surface area contributed by atoms with Crippen LogP contribution >= 0.6 is 11.8 Å². The molecule has 1 aromatic carbocycles. The van der Waals surface area contributed by atoms with Gasteiger partial charge < -0.3 is 5.32 Å². The molecule has 2 heteroatoms. The predicted octanol–water partition coefficient (Wildman–Crippen LogP) is 2.17. The summed E-state index contributed by atoms with van der Waals surface area (Å²) in [5.74, 6) is 0. The Bertz CT molecular complexity index is 235. The van der Waals surface area contributed by atoms with E-state index in [0.717, 1.165) is 13.0 Å². The van der Waals surface area contributed by atoms with E-state index in [-0.39, 0.29) is 0 Å². The normalized spacial score (nSPS) is 10.2. The summed E-state index contributed by atoms with van der Waals surface area (Å²) in [5.41, 5.74) is 1.44. The summed E-state index contributed by atoms with van der Waals surface area (Å²) in [6.45, 7) is 1.05. The zero-order valence-corrected chi connectivity index (χ0v) is 8.45. The molecule has 0 saturated carbocycles. The largest absolute Gasteiger partial charge is 0.319 e. The number of likely N-dealkylation sites (N-methyl/N-ethyl adjacent to an activating group) is 1. The van der Waals surface area contributed by atoms with E-state index < -0.39 is 0 Å². The predicted molar refractivity (Wildman–Crippen MR) is 55.9 cm³/mol. The number of benzene rings is 1. The standard InChI is InChI=1S/C10H15NS/c1-11-8-7-9-5-3-4-6-10(9)12-2/h3-6,11H,7-8H2,1-2H3. The second-order valence-electron chi connectivity index (χ2n) is 2.67. The highest BCUT2D eigenvalue weighted by Crippen LogP contribution is 2.19. The summed E-state index contributed by atoms with van der Waals surface area (Å²) in [6.07, 6.45) is 3.24. The first-order chi connectivity index (χ1) is 5.88. The summed E-state index contributed by atoms with van der Waals surface area (Å²) in [6, 6.07) is 8.57. The maximum Gasteiger partial charge on any atom is 0.0102 e. The van der Waals surface area contributed by atoms with Gasteiger partial charge in [0.05, 0.1) is 0 Å². The Balaban J connectivity index is 2.68. The van der Waals surface area contributed by atoms with Gasteiger partial charge in [-0.25, -0.2) is 0 Å². The fourth-order valence-corrected chi connectivity index (χ4v) is 1.82. The molecule has 0 atom stereocenters. The lowest BCUT2D eigenvalue weighted by Gasteiger charge is -2.05. The highest BCUT2D eigenvalue weighted by Gasteiger charge is 1.97. The van der Waals surface area contributed by atoms with Crippen molar-refractivity contribution < 1.29 is 0 Å². The second-order valence-corrected chi connectivity index (χ2v) is 3.51. The van der Waals surface area contributed by atoms with Crippen LogP contribution in [0.2, 0.25) is 0 Å². The Labute approximate surface area is 78.6 Å². The molecule has 0 saturated heterocycles. The summed E-state index contributed by atoms with van der Waals surface area (Å²) in [5, 5.41) is 3.16. The van der Waals surface area contributed by atoms with E-state index in [1.54, 1.807) is 0 Å². The number of hydrogen-bond acceptors (Lipinski definition) is 2. The molecular formula is C10H15NS. The smallest absolute Gasteiger partial charge is 0.0102 e. The Morgan fingerprint density at radius 3 is 2.75 bits per heavy atom. The molecule has 1 N–H and O–H groups in total. The van der Waals surface area contributed by atoms with E-state index in [1.807, 2.05) is 18.8 Å². The molecule has 0 radical (unpaired) electrons. The van der Waals surface area contributed by atoms with Crippen molar-refractivity contribution in [3.63, 3.8) is 0 Å². The average Bonchev–Trinajstić information content (AvgIpc) is 2.15. The molecule has 66 valence electrons. The first-order valence-electron chi connectivity index (χ1n) is 4.15. The molecule has 1 nitrogen and oxygen atoms in total. The van der Waals surface area contributed by atoms with E-state index in [1.165, 1.54) is 10.5 Å². The lowest BCUT2D eigenvalue weighted by Crippen LogP contribution is -2.10. The quantitative estimate of drug-likeness (QED) is 0.714. The highest BCUT2D eigenvalue weighted by atomic mass is 32.2. The third-order valence-electron chi connectivity index (χ3n) is 1.84. The van der Waals surface area contributed by atoms with Crippen LogP contribution in [0.15, 0.2) is 29.2 Å². The van der Waals surface area contributed by atoms with Crippen molar-refractivity contribution >= 4 is 11.8 Å². The third kappa shape index (κ3) is 2.54. The molecule has 0 aromatic heterocycles. The van der Waals surface area contributed by atoms with Crippen LogP contribution in [0.4, 0.5) is 0 Å². The molecule has 12 heavy (non-hydrogen) atoms. The van der Waals surface area contributed by atoms with Crippen molar-refractivity contribution in [3.05, 3.63) is 29.8 Å². The van der Waals surface area contributed by atoms with Gasteiger partial charge in [-0.1, -0.05) is 18.2 Å². The van der Waals surface area contributed by atoms with E-state index >= 15 is 0 Å². The Hall–Kier alpha value is -0.470. The van der Waals surface area contributed by atoms with Crippen molar-refractivity contribution in [1.29, 1.82) is 0 Å². The first-order valence-corrected chi connectivity index (χ1v) is 5.37. The van der Waals surface area contributed by atoms with Gasteiger partial charge >= 0.3 is 0 Å². The summed E-state index contributed by atoms with van der Waals surface area (Å²) in [7, 11) is 1.99. The molecule has 0 aliphatic carbocycles. The minimum absolute atomic E-state index is 1.05. The van der Waals surface area contributed by atoms with Crippen molar-refractivity contribution in [3.8, 4) is 0 Å². The molecular weight excluding hydrogens is 166 g/mol. The maximum atomic E-state index is 3.16. The van der Waals surface area contributed by atoms with E-state index in [0.29, 0.717) is 0 Å². The minimum Gasteiger partial charge on any atom is -0.319 e. The van der Waals surface area contributed by atoms with Gasteiger partial charge in [0.25, 0.3) is 0 Å². The molecule has 1 rings (SSSR count). The van der Waals surface area contributed by atoms with Crippen LogP contribution in [0.3, 0.4) is 0 Å². The molecule has 0 spiro atoms. The van der Waals surface area contributed by atoms with Crippen LogP contribution in [0.5, 0.6) is 0 Å². The molecule has 0 bridgehead atoms. The van der Waals surface area contributed by atoms with E-state index in [2.05, 4.69) is 35.8 Å². The Morgan fingerprint density at radius 1 is 1.33 bits per heavy atom. The van der Waals surface area contributed by atoms with Crippen molar-refractivity contribution in [1.82, 2.24) is 5.32 Å². The summed E-state index contributed by atoms with van der Waals surface area (Å²) in [4.78, 5) is 1.40. The van der Waals surface area contributed by atoms with Gasteiger partial charge in [-0.15, -0.1) is 11.8 Å². The van der Waals surface area contributed by atoms with E-state index in [9.17, 15) is 0 Å². The SMILES string of the molecule is CNCCc1ccccc1SC. The van der Waals surface area contributed by atoms with Crippen LogP contribution in [-0.2, 0) is 6.42 Å². The summed E-state index contributed by atoms with van der Waals surface area (Å²) >= 11 is 1.82. The van der Waals surface area contributed by atoms with Crippen LogP contribution in [0.1, 0.15) is 5.56 Å². The van der Waals surface area contributed by atoms with Crippen LogP contribution < -0.4 is 5.32 Å². The zero-order valence-electron chi connectivity index (χ0n) is 7.63. The molecule has 0 aliphatic heterocycles. The number of hydrogen-bond donors (Lipinski definition) is 1. The van der Waals surface area contributed by atoms with Gasteiger partial charge in [0.15, 0.2) is 0 Å². The lowest BCUT2D eigenvalue weighted by atomic mass is 10.1. The average molecular weight is 181 g/mol. The van der Waals surface area contributed by atoms with Gasteiger partial charge in [-0.3, -0.25) is 0 Å². The van der Waals surface area contributed by atoms with Crippen LogP contribution in [0.25, 0.3) is 0 Å². The topological polar surface area (TPSA) is 12.0 Å². The van der Waals surface area contributed by atoms with E-state index in [4.69, 9.17) is 0 Å². The molecule has 0 heterocycles. The van der Waals surface area contributed by atoms with Gasteiger partial charge in [-0.05, 0) is 37.9 Å². The van der Waals surface area contributed by atoms with Gasteiger partial charge in [0.2, 0.25) is 0 Å². The third-order valence-corrected chi connectivity index (χ3v) is 2.67. The first kappa shape index (κ1) is 9.62. The molecule has 0 aliphatic rings. The van der Waals surface area contributed by atoms with Gasteiger partial charge in [0, 0.05) is 4.90 Å². The van der Waals surface area contributed by atoms with Gasteiger partial charge in [0.1, 0.15) is 0 Å². The van der Waals surface area contributed by atoms with Gasteiger partial charge in [-0.2, -0.15) is 0 Å². The number of rotatable bonds is 4. The molecule has 0 unspecified atom stereocenters.